The number of carbonyl (C=O) groups is 1. The third kappa shape index (κ3) is 2.59. The van der Waals surface area contributed by atoms with Crippen LogP contribution < -0.4 is 0 Å². The van der Waals surface area contributed by atoms with Gasteiger partial charge < -0.3 is 14.4 Å². The number of nitrogens with zero attached hydrogens (tertiary/aromatic N) is 1. The van der Waals surface area contributed by atoms with Gasteiger partial charge in [0.05, 0.1) is 13.0 Å². The highest BCUT2D eigenvalue weighted by Gasteiger charge is 2.06. The smallest absolute Gasteiger partial charge is 0.309 e. The Labute approximate surface area is 76.7 Å². The largest absolute Gasteiger partial charge is 0.481 e. The van der Waals surface area contributed by atoms with Crippen molar-refractivity contribution in [1.29, 1.82) is 0 Å². The molecule has 0 bridgehead atoms. The molecule has 4 nitrogen and oxygen atoms in total. The summed E-state index contributed by atoms with van der Waals surface area (Å²) in [7, 11) is 3.45. The summed E-state index contributed by atoms with van der Waals surface area (Å²) >= 11 is 0. The molecule has 0 aliphatic rings. The first-order valence-corrected chi connectivity index (χ1v) is 3.98. The molecule has 1 heterocycles. The summed E-state index contributed by atoms with van der Waals surface area (Å²) in [5, 5.41) is 8.59. The molecular formula is C9H13NO3. The van der Waals surface area contributed by atoms with E-state index in [4.69, 9.17) is 9.84 Å². The van der Waals surface area contributed by atoms with Crippen LogP contribution in [0, 0.1) is 0 Å². The van der Waals surface area contributed by atoms with Crippen LogP contribution >= 0.6 is 0 Å². The van der Waals surface area contributed by atoms with E-state index in [1.54, 1.807) is 7.11 Å². The number of methoxy groups -OCH3 is 1. The van der Waals surface area contributed by atoms with Crippen LogP contribution in [0.3, 0.4) is 0 Å². The SMILES string of the molecule is COCc1cc(CC(=O)O)n(C)c1. The van der Waals surface area contributed by atoms with Gasteiger partial charge in [0.2, 0.25) is 0 Å². The zero-order chi connectivity index (χ0) is 9.84. The Bertz CT molecular complexity index is 304. The summed E-state index contributed by atoms with van der Waals surface area (Å²) in [6.07, 6.45) is 1.93. The van der Waals surface area contributed by atoms with Crippen molar-refractivity contribution in [2.75, 3.05) is 7.11 Å². The van der Waals surface area contributed by atoms with E-state index in [9.17, 15) is 4.79 Å². The number of aryl methyl sites for hydroxylation is 1. The molecule has 0 unspecified atom stereocenters. The minimum Gasteiger partial charge on any atom is -0.481 e. The van der Waals surface area contributed by atoms with E-state index in [0.29, 0.717) is 6.61 Å². The molecule has 0 spiro atoms. The summed E-state index contributed by atoms with van der Waals surface area (Å²) in [6, 6.07) is 1.84. The molecule has 1 aromatic rings. The number of hydrogen-bond acceptors (Lipinski definition) is 2. The standard InChI is InChI=1S/C9H13NO3/c1-10-5-7(6-13-2)3-8(10)4-9(11)12/h3,5H,4,6H2,1-2H3,(H,11,12). The summed E-state index contributed by atoms with van der Waals surface area (Å²) in [5.41, 5.74) is 1.79. The highest BCUT2D eigenvalue weighted by atomic mass is 16.5. The maximum atomic E-state index is 10.4. The van der Waals surface area contributed by atoms with Crippen LogP contribution in [0.15, 0.2) is 12.3 Å². The second-order valence-electron chi connectivity index (χ2n) is 2.95. The Morgan fingerprint density at radius 3 is 2.92 bits per heavy atom. The minimum atomic E-state index is -0.815. The van der Waals surface area contributed by atoms with Crippen molar-refractivity contribution in [2.45, 2.75) is 13.0 Å². The van der Waals surface area contributed by atoms with Gasteiger partial charge in [0.25, 0.3) is 0 Å². The average molecular weight is 183 g/mol. The average Bonchev–Trinajstić information content (AvgIpc) is 2.31. The van der Waals surface area contributed by atoms with Gasteiger partial charge in [0.15, 0.2) is 0 Å². The van der Waals surface area contributed by atoms with Crippen LogP contribution in [0.25, 0.3) is 0 Å². The van der Waals surface area contributed by atoms with E-state index in [1.807, 2.05) is 23.9 Å². The van der Waals surface area contributed by atoms with Crippen LogP contribution in [-0.4, -0.2) is 22.8 Å². The third-order valence-corrected chi connectivity index (χ3v) is 1.81. The predicted octanol–water partition coefficient (Wildman–Crippen LogP) is 0.799. The van der Waals surface area contributed by atoms with E-state index < -0.39 is 5.97 Å². The summed E-state index contributed by atoms with van der Waals surface area (Å²) in [4.78, 5) is 10.4. The lowest BCUT2D eigenvalue weighted by Gasteiger charge is -1.96. The molecule has 0 amide bonds. The molecular weight excluding hydrogens is 170 g/mol. The van der Waals surface area contributed by atoms with Gasteiger partial charge in [-0.15, -0.1) is 0 Å². The fourth-order valence-electron chi connectivity index (χ4n) is 1.26. The molecule has 72 valence electrons. The molecule has 0 saturated heterocycles. The zero-order valence-electron chi connectivity index (χ0n) is 7.78. The van der Waals surface area contributed by atoms with Crippen LogP contribution in [-0.2, 0) is 29.6 Å². The summed E-state index contributed by atoms with van der Waals surface area (Å²) in [5.74, 6) is -0.815. The van der Waals surface area contributed by atoms with E-state index in [0.717, 1.165) is 11.3 Å². The number of carboxylic acids is 1. The van der Waals surface area contributed by atoms with Crippen LogP contribution in [0.2, 0.25) is 0 Å². The van der Waals surface area contributed by atoms with Gasteiger partial charge in [-0.1, -0.05) is 0 Å². The molecule has 13 heavy (non-hydrogen) atoms. The fraction of sp³-hybridized carbons (Fsp3) is 0.444. The Hall–Kier alpha value is -1.29. The minimum absolute atomic E-state index is 0.0558. The molecule has 0 radical (unpaired) electrons. The highest BCUT2D eigenvalue weighted by Crippen LogP contribution is 2.08. The Morgan fingerprint density at radius 1 is 1.69 bits per heavy atom. The van der Waals surface area contributed by atoms with E-state index in [2.05, 4.69) is 0 Å². The topological polar surface area (TPSA) is 51.5 Å². The van der Waals surface area contributed by atoms with Crippen molar-refractivity contribution in [3.8, 4) is 0 Å². The molecule has 0 aliphatic carbocycles. The van der Waals surface area contributed by atoms with Crippen molar-refractivity contribution in [1.82, 2.24) is 4.57 Å². The van der Waals surface area contributed by atoms with Gasteiger partial charge in [-0.25, -0.2) is 0 Å². The van der Waals surface area contributed by atoms with Crippen LogP contribution in [0.4, 0.5) is 0 Å². The van der Waals surface area contributed by atoms with Gasteiger partial charge in [-0.05, 0) is 11.6 Å². The quantitative estimate of drug-likeness (QED) is 0.751. The van der Waals surface area contributed by atoms with E-state index >= 15 is 0 Å². The lowest BCUT2D eigenvalue weighted by molar-refractivity contribution is -0.136. The van der Waals surface area contributed by atoms with Crippen molar-refractivity contribution < 1.29 is 14.6 Å². The maximum absolute atomic E-state index is 10.4. The van der Waals surface area contributed by atoms with Gasteiger partial charge in [0, 0.05) is 26.0 Å². The normalized spacial score (nSPS) is 10.3. The molecule has 0 fully saturated rings. The predicted molar refractivity (Wildman–Crippen MR) is 47.5 cm³/mol. The molecule has 4 heteroatoms. The Kier molecular flexibility index (Phi) is 3.08. The van der Waals surface area contributed by atoms with Crippen LogP contribution in [0.5, 0.6) is 0 Å². The second-order valence-corrected chi connectivity index (χ2v) is 2.95. The molecule has 1 rings (SSSR count). The first-order valence-electron chi connectivity index (χ1n) is 3.98. The van der Waals surface area contributed by atoms with Gasteiger partial charge >= 0.3 is 5.97 Å². The first kappa shape index (κ1) is 9.80. The molecule has 0 aromatic carbocycles. The first-order chi connectivity index (χ1) is 6.13. The molecule has 0 saturated carbocycles. The number of aliphatic carboxylic acids is 1. The lowest BCUT2D eigenvalue weighted by Crippen LogP contribution is -2.04. The number of aromatic nitrogens is 1. The number of hydrogen-bond donors (Lipinski definition) is 1. The molecule has 0 atom stereocenters. The maximum Gasteiger partial charge on any atom is 0.309 e. The molecule has 1 N–H and O–H groups in total. The van der Waals surface area contributed by atoms with Gasteiger partial charge in [-0.2, -0.15) is 0 Å². The Balaban J connectivity index is 2.77. The molecule has 0 aliphatic heterocycles. The molecule has 1 aromatic heterocycles. The highest BCUT2D eigenvalue weighted by molar-refractivity contribution is 5.69. The number of ether oxygens (including phenoxy) is 1. The second kappa shape index (κ2) is 4.09. The number of carboxylic acid groups (broad SMARTS) is 1. The van der Waals surface area contributed by atoms with Crippen molar-refractivity contribution in [3.63, 3.8) is 0 Å². The van der Waals surface area contributed by atoms with E-state index in [1.165, 1.54) is 0 Å². The summed E-state index contributed by atoms with van der Waals surface area (Å²) in [6.45, 7) is 0.521. The van der Waals surface area contributed by atoms with Crippen molar-refractivity contribution in [2.24, 2.45) is 7.05 Å². The fourth-order valence-corrected chi connectivity index (χ4v) is 1.26. The van der Waals surface area contributed by atoms with E-state index in [-0.39, 0.29) is 6.42 Å². The van der Waals surface area contributed by atoms with Crippen LogP contribution in [0.1, 0.15) is 11.3 Å². The lowest BCUT2D eigenvalue weighted by atomic mass is 10.3. The zero-order valence-corrected chi connectivity index (χ0v) is 7.78. The Morgan fingerprint density at radius 2 is 2.38 bits per heavy atom. The number of rotatable bonds is 4. The summed E-state index contributed by atoms with van der Waals surface area (Å²) < 4.78 is 6.75. The van der Waals surface area contributed by atoms with Crippen molar-refractivity contribution >= 4 is 5.97 Å². The van der Waals surface area contributed by atoms with Crippen molar-refractivity contribution in [3.05, 3.63) is 23.5 Å². The monoisotopic (exact) mass is 183 g/mol. The van der Waals surface area contributed by atoms with Gasteiger partial charge in [0.1, 0.15) is 0 Å². The third-order valence-electron chi connectivity index (χ3n) is 1.81. The van der Waals surface area contributed by atoms with Gasteiger partial charge in [-0.3, -0.25) is 4.79 Å².